The van der Waals surface area contributed by atoms with Crippen molar-refractivity contribution in [2.75, 3.05) is 37.6 Å². The van der Waals surface area contributed by atoms with Crippen LogP contribution in [0.3, 0.4) is 0 Å². The largest absolute Gasteiger partial charge is 0.480 e. The average molecular weight is 296 g/mol. The molecule has 10 heteroatoms. The first kappa shape index (κ1) is 14.0. The highest BCUT2D eigenvalue weighted by Crippen LogP contribution is 2.30. The zero-order valence-electron chi connectivity index (χ0n) is 9.72. The number of hydrogen-bond donors (Lipinski definition) is 1. The van der Waals surface area contributed by atoms with Gasteiger partial charge < -0.3 is 10.0 Å². The molecule has 0 unspecified atom stereocenters. The normalized spacial score (nSPS) is 17.7. The molecule has 1 aliphatic rings. The molecule has 1 aromatic rings. The van der Waals surface area contributed by atoms with Crippen LogP contribution in [0, 0.1) is 0 Å². The number of hydrogen-bond acceptors (Lipinski definition) is 6. The van der Waals surface area contributed by atoms with E-state index in [1.54, 1.807) is 9.80 Å². The van der Waals surface area contributed by atoms with Crippen LogP contribution >= 0.6 is 11.5 Å². The standard InChI is InChI=1S/C9H11F3N4O2S/c10-9(11,12)7-13-8(19-14-7)16-3-1-15(2-4-16)5-6(17)18/h1-5H2,(H,17,18). The molecule has 0 atom stereocenters. The Kier molecular flexibility index (Phi) is 3.90. The first-order valence-corrected chi connectivity index (χ1v) is 6.23. The van der Waals surface area contributed by atoms with Gasteiger partial charge in [-0.05, 0) is 0 Å². The number of halogens is 3. The summed E-state index contributed by atoms with van der Waals surface area (Å²) < 4.78 is 40.4. The highest BCUT2D eigenvalue weighted by Gasteiger charge is 2.36. The fourth-order valence-corrected chi connectivity index (χ4v) is 2.49. The molecule has 1 fully saturated rings. The highest BCUT2D eigenvalue weighted by molar-refractivity contribution is 7.09. The van der Waals surface area contributed by atoms with E-state index in [1.165, 1.54) is 0 Å². The summed E-state index contributed by atoms with van der Waals surface area (Å²) in [5, 5.41) is 8.87. The number of nitrogens with zero attached hydrogens (tertiary/aromatic N) is 4. The van der Waals surface area contributed by atoms with Crippen LogP contribution in [-0.2, 0) is 11.0 Å². The molecule has 1 aromatic heterocycles. The molecular formula is C9H11F3N4O2S. The van der Waals surface area contributed by atoms with E-state index in [9.17, 15) is 18.0 Å². The summed E-state index contributed by atoms with van der Waals surface area (Å²) in [7, 11) is 0. The van der Waals surface area contributed by atoms with E-state index in [0.29, 0.717) is 37.7 Å². The monoisotopic (exact) mass is 296 g/mol. The molecule has 0 aliphatic carbocycles. The van der Waals surface area contributed by atoms with Crippen molar-refractivity contribution in [1.82, 2.24) is 14.3 Å². The van der Waals surface area contributed by atoms with E-state index in [2.05, 4.69) is 9.36 Å². The van der Waals surface area contributed by atoms with Gasteiger partial charge in [0, 0.05) is 37.7 Å². The van der Waals surface area contributed by atoms with Crippen LogP contribution < -0.4 is 4.90 Å². The second-order valence-electron chi connectivity index (χ2n) is 4.06. The predicted octanol–water partition coefficient (Wildman–Crippen LogP) is 0.763. The Morgan fingerprint density at radius 2 is 1.95 bits per heavy atom. The number of anilines is 1. The SMILES string of the molecule is O=C(O)CN1CCN(c2nc(C(F)(F)F)ns2)CC1. The number of carbonyl (C=O) groups is 1. The molecule has 0 radical (unpaired) electrons. The van der Waals surface area contributed by atoms with Gasteiger partial charge in [-0.3, -0.25) is 9.69 Å². The van der Waals surface area contributed by atoms with Crippen LogP contribution in [-0.4, -0.2) is 58.1 Å². The number of rotatable bonds is 3. The molecule has 19 heavy (non-hydrogen) atoms. The maximum atomic E-state index is 12.4. The number of aromatic nitrogens is 2. The van der Waals surface area contributed by atoms with Crippen molar-refractivity contribution < 1.29 is 23.1 Å². The Morgan fingerprint density at radius 1 is 1.32 bits per heavy atom. The van der Waals surface area contributed by atoms with Gasteiger partial charge in [0.2, 0.25) is 11.0 Å². The van der Waals surface area contributed by atoms with E-state index in [4.69, 9.17) is 5.11 Å². The maximum Gasteiger partial charge on any atom is 0.452 e. The van der Waals surface area contributed by atoms with Crippen molar-refractivity contribution in [3.8, 4) is 0 Å². The van der Waals surface area contributed by atoms with E-state index in [-0.39, 0.29) is 11.7 Å². The molecule has 6 nitrogen and oxygen atoms in total. The van der Waals surface area contributed by atoms with E-state index in [1.807, 2.05) is 0 Å². The molecule has 2 heterocycles. The van der Waals surface area contributed by atoms with Crippen LogP contribution in [0.4, 0.5) is 18.3 Å². The Morgan fingerprint density at radius 3 is 2.42 bits per heavy atom. The maximum absolute atomic E-state index is 12.4. The average Bonchev–Trinajstić information content (AvgIpc) is 2.78. The predicted molar refractivity (Wildman–Crippen MR) is 61.2 cm³/mol. The lowest BCUT2D eigenvalue weighted by atomic mass is 10.3. The molecule has 0 amide bonds. The molecule has 1 aliphatic heterocycles. The van der Waals surface area contributed by atoms with Crippen LogP contribution in [0.15, 0.2) is 0 Å². The lowest BCUT2D eigenvalue weighted by molar-refractivity contribution is -0.144. The Labute approximate surface area is 110 Å². The van der Waals surface area contributed by atoms with Crippen LogP contribution in [0.25, 0.3) is 0 Å². The Hall–Kier alpha value is -1.42. The second-order valence-corrected chi connectivity index (χ2v) is 4.79. The van der Waals surface area contributed by atoms with Crippen molar-refractivity contribution in [3.63, 3.8) is 0 Å². The minimum Gasteiger partial charge on any atom is -0.480 e. The number of alkyl halides is 3. The Bertz CT molecular complexity index is 457. The molecule has 0 saturated carbocycles. The van der Waals surface area contributed by atoms with Crippen molar-refractivity contribution in [2.45, 2.75) is 6.18 Å². The first-order valence-electron chi connectivity index (χ1n) is 5.46. The molecule has 0 bridgehead atoms. The number of carboxylic acid groups (broad SMARTS) is 1. The first-order chi connectivity index (χ1) is 8.86. The van der Waals surface area contributed by atoms with Gasteiger partial charge in [0.25, 0.3) is 0 Å². The number of carboxylic acids is 1. The second kappa shape index (κ2) is 5.29. The summed E-state index contributed by atoms with van der Waals surface area (Å²) in [6.45, 7) is 1.79. The summed E-state index contributed by atoms with van der Waals surface area (Å²) in [6, 6.07) is 0. The van der Waals surface area contributed by atoms with E-state index >= 15 is 0 Å². The van der Waals surface area contributed by atoms with Gasteiger partial charge in [-0.25, -0.2) is 0 Å². The van der Waals surface area contributed by atoms with Crippen LogP contribution in [0.1, 0.15) is 5.82 Å². The third-order valence-corrected chi connectivity index (χ3v) is 3.45. The summed E-state index contributed by atoms with van der Waals surface area (Å²) >= 11 is 0.708. The number of piperazine rings is 1. The molecule has 2 rings (SSSR count). The minimum atomic E-state index is -4.53. The topological polar surface area (TPSA) is 69.6 Å². The van der Waals surface area contributed by atoms with Crippen molar-refractivity contribution in [1.29, 1.82) is 0 Å². The summed E-state index contributed by atoms with van der Waals surface area (Å²) in [4.78, 5) is 17.4. The van der Waals surface area contributed by atoms with Gasteiger partial charge >= 0.3 is 12.1 Å². The van der Waals surface area contributed by atoms with Gasteiger partial charge in [0.15, 0.2) is 0 Å². The molecular weight excluding hydrogens is 285 g/mol. The van der Waals surface area contributed by atoms with Gasteiger partial charge in [0.05, 0.1) is 6.54 Å². The highest BCUT2D eigenvalue weighted by atomic mass is 32.1. The third kappa shape index (κ3) is 3.53. The van der Waals surface area contributed by atoms with E-state index < -0.39 is 18.0 Å². The van der Waals surface area contributed by atoms with Gasteiger partial charge in [-0.15, -0.1) is 0 Å². The summed E-state index contributed by atoms with van der Waals surface area (Å²) in [5.74, 6) is -2.04. The quantitative estimate of drug-likeness (QED) is 0.888. The Balaban J connectivity index is 1.94. The third-order valence-electron chi connectivity index (χ3n) is 2.67. The van der Waals surface area contributed by atoms with Gasteiger partial charge in [-0.1, -0.05) is 0 Å². The molecule has 1 saturated heterocycles. The zero-order chi connectivity index (χ0) is 14.0. The molecule has 0 aromatic carbocycles. The van der Waals surface area contributed by atoms with Gasteiger partial charge in [0.1, 0.15) is 0 Å². The fourth-order valence-electron chi connectivity index (χ4n) is 1.75. The molecule has 1 N–H and O–H groups in total. The minimum absolute atomic E-state index is 0.0578. The summed E-state index contributed by atoms with van der Waals surface area (Å²) in [5.41, 5.74) is 0. The van der Waals surface area contributed by atoms with Crippen molar-refractivity contribution in [3.05, 3.63) is 5.82 Å². The smallest absolute Gasteiger partial charge is 0.452 e. The van der Waals surface area contributed by atoms with E-state index in [0.717, 1.165) is 0 Å². The zero-order valence-corrected chi connectivity index (χ0v) is 10.5. The molecule has 106 valence electrons. The van der Waals surface area contributed by atoms with Crippen LogP contribution in [0.2, 0.25) is 0 Å². The van der Waals surface area contributed by atoms with Crippen molar-refractivity contribution in [2.24, 2.45) is 0 Å². The van der Waals surface area contributed by atoms with Crippen molar-refractivity contribution >= 4 is 22.6 Å². The lowest BCUT2D eigenvalue weighted by Crippen LogP contribution is -2.48. The fraction of sp³-hybridized carbons (Fsp3) is 0.667. The van der Waals surface area contributed by atoms with Crippen LogP contribution in [0.5, 0.6) is 0 Å². The molecule has 0 spiro atoms. The summed E-state index contributed by atoms with van der Waals surface area (Å²) in [6.07, 6.45) is -4.53. The lowest BCUT2D eigenvalue weighted by Gasteiger charge is -2.33. The number of aliphatic carboxylic acids is 1. The van der Waals surface area contributed by atoms with Gasteiger partial charge in [-0.2, -0.15) is 22.5 Å².